The first-order valence-electron chi connectivity index (χ1n) is 17.3. The normalized spacial score (nSPS) is 15.9. The predicted octanol–water partition coefficient (Wildman–Crippen LogP) is 6.93. The van der Waals surface area contributed by atoms with Crippen molar-refractivity contribution in [2.24, 2.45) is 17.3 Å². The summed E-state index contributed by atoms with van der Waals surface area (Å²) in [5, 5.41) is 0. The van der Waals surface area contributed by atoms with Gasteiger partial charge in [0.25, 0.3) is 5.91 Å². The average molecular weight is 658 g/mol. The fourth-order valence-electron chi connectivity index (χ4n) is 6.49. The van der Waals surface area contributed by atoms with E-state index in [1.165, 1.54) is 0 Å². The molecule has 1 aliphatic heterocycles. The lowest BCUT2D eigenvalue weighted by Crippen LogP contribution is -2.41. The number of carbonyl (C=O) groups excluding carboxylic acids is 2. The Balaban J connectivity index is 1.27. The van der Waals surface area contributed by atoms with Crippen LogP contribution in [-0.4, -0.2) is 66.8 Å². The highest BCUT2D eigenvalue weighted by atomic mass is 16.5. The zero-order valence-corrected chi connectivity index (χ0v) is 29.6. The molecule has 1 atom stereocenters. The van der Waals surface area contributed by atoms with E-state index in [9.17, 15) is 9.59 Å². The highest BCUT2D eigenvalue weighted by molar-refractivity contribution is 6.09. The molecule has 0 radical (unpaired) electrons. The summed E-state index contributed by atoms with van der Waals surface area (Å²) in [6.07, 6.45) is 6.25. The quantitative estimate of drug-likeness (QED) is 0.181. The Morgan fingerprint density at radius 2 is 1.71 bits per heavy atom. The van der Waals surface area contributed by atoms with Crippen LogP contribution in [0.5, 0.6) is 11.6 Å². The van der Waals surface area contributed by atoms with Crippen LogP contribution in [0.2, 0.25) is 0 Å². The molecule has 48 heavy (non-hydrogen) atoms. The highest BCUT2D eigenvalue weighted by Gasteiger charge is 2.35. The number of nitrogens with zero attached hydrogens (tertiary/aromatic N) is 5. The number of anilines is 2. The molecular formula is C38H51N5O5. The van der Waals surface area contributed by atoms with Gasteiger partial charge in [-0.3, -0.25) is 14.5 Å². The van der Waals surface area contributed by atoms with Crippen LogP contribution >= 0.6 is 0 Å². The molecular weight excluding hydrogens is 606 g/mol. The van der Waals surface area contributed by atoms with Crippen molar-refractivity contribution in [3.63, 3.8) is 0 Å². The van der Waals surface area contributed by atoms with E-state index in [4.69, 9.17) is 14.2 Å². The molecule has 1 saturated carbocycles. The van der Waals surface area contributed by atoms with Gasteiger partial charge in [-0.15, -0.1) is 0 Å². The monoisotopic (exact) mass is 657 g/mol. The third-order valence-electron chi connectivity index (χ3n) is 9.02. The molecule has 0 spiro atoms. The molecule has 1 amide bonds. The Hall–Kier alpha value is -4.21. The van der Waals surface area contributed by atoms with Gasteiger partial charge in [-0.05, 0) is 99.5 Å². The van der Waals surface area contributed by atoms with Gasteiger partial charge in [-0.1, -0.05) is 20.8 Å². The number of methoxy groups -OCH3 is 1. The van der Waals surface area contributed by atoms with E-state index in [1.54, 1.807) is 18.2 Å². The number of hydrogen-bond acceptors (Lipinski definition) is 9. The van der Waals surface area contributed by atoms with E-state index < -0.39 is 0 Å². The van der Waals surface area contributed by atoms with Crippen LogP contribution in [0, 0.1) is 31.1 Å². The van der Waals surface area contributed by atoms with Crippen molar-refractivity contribution in [3.05, 3.63) is 65.1 Å². The molecule has 3 heterocycles. The maximum atomic E-state index is 14.4. The SMILES string of the molecule is CCOC(=O)C[C@H](c1ccnc(OCC2CCN(c3cc(OC)ccc3C(=O)N(CC(C)(C)C)c3nc(C)cc(C)n3)CC2)c1)C1CC1. The number of benzene rings is 1. The zero-order valence-electron chi connectivity index (χ0n) is 29.6. The Morgan fingerprint density at radius 1 is 1.00 bits per heavy atom. The molecule has 5 rings (SSSR count). The van der Waals surface area contributed by atoms with Gasteiger partial charge >= 0.3 is 5.97 Å². The summed E-state index contributed by atoms with van der Waals surface area (Å²) in [6, 6.07) is 11.6. The molecule has 2 fully saturated rings. The van der Waals surface area contributed by atoms with Crippen molar-refractivity contribution < 1.29 is 23.8 Å². The number of rotatable bonds is 13. The minimum atomic E-state index is -0.171. The van der Waals surface area contributed by atoms with E-state index in [0.717, 1.165) is 61.4 Å². The van der Waals surface area contributed by atoms with E-state index >= 15 is 0 Å². The maximum Gasteiger partial charge on any atom is 0.306 e. The Bertz CT molecular complexity index is 1560. The Morgan fingerprint density at radius 3 is 2.33 bits per heavy atom. The van der Waals surface area contributed by atoms with Crippen LogP contribution in [0.15, 0.2) is 42.6 Å². The first kappa shape index (κ1) is 35.1. The second-order valence-electron chi connectivity index (χ2n) is 14.4. The molecule has 0 bridgehead atoms. The lowest BCUT2D eigenvalue weighted by Gasteiger charge is -2.35. The number of piperidine rings is 1. The number of amides is 1. The van der Waals surface area contributed by atoms with Crippen LogP contribution < -0.4 is 19.3 Å². The maximum absolute atomic E-state index is 14.4. The summed E-state index contributed by atoms with van der Waals surface area (Å²) in [4.78, 5) is 44.4. The van der Waals surface area contributed by atoms with Crippen LogP contribution in [0.3, 0.4) is 0 Å². The molecule has 3 aromatic rings. The second-order valence-corrected chi connectivity index (χ2v) is 14.4. The topological polar surface area (TPSA) is 107 Å². The smallest absolute Gasteiger partial charge is 0.306 e. The van der Waals surface area contributed by atoms with Gasteiger partial charge < -0.3 is 19.1 Å². The van der Waals surface area contributed by atoms with E-state index in [0.29, 0.717) is 61.2 Å². The summed E-state index contributed by atoms with van der Waals surface area (Å²) in [7, 11) is 1.65. The third kappa shape index (κ3) is 9.23. The fraction of sp³-hybridized carbons (Fsp3) is 0.553. The number of carbonyl (C=O) groups is 2. The summed E-state index contributed by atoms with van der Waals surface area (Å²) in [5.41, 5.74) is 4.02. The lowest BCUT2D eigenvalue weighted by molar-refractivity contribution is -0.143. The molecule has 2 aliphatic rings. The zero-order chi connectivity index (χ0) is 34.4. The van der Waals surface area contributed by atoms with Gasteiger partial charge in [0.05, 0.1) is 38.0 Å². The number of aryl methyl sites for hydroxylation is 2. The number of ether oxygens (including phenoxy) is 3. The molecule has 258 valence electrons. The van der Waals surface area contributed by atoms with Gasteiger partial charge in [0.2, 0.25) is 11.8 Å². The molecule has 2 aromatic heterocycles. The van der Waals surface area contributed by atoms with E-state index in [-0.39, 0.29) is 23.2 Å². The number of aromatic nitrogens is 3. The van der Waals surface area contributed by atoms with Crippen LogP contribution in [-0.2, 0) is 9.53 Å². The van der Waals surface area contributed by atoms with Crippen molar-refractivity contribution in [2.45, 2.75) is 79.6 Å². The Labute approximate surface area is 285 Å². The van der Waals surface area contributed by atoms with Crippen molar-refractivity contribution in [3.8, 4) is 11.6 Å². The number of esters is 1. The summed E-state index contributed by atoms with van der Waals surface area (Å²) < 4.78 is 17.1. The molecule has 1 aromatic carbocycles. The van der Waals surface area contributed by atoms with Crippen LogP contribution in [0.1, 0.15) is 93.0 Å². The van der Waals surface area contributed by atoms with Crippen molar-refractivity contribution in [2.75, 3.05) is 49.8 Å². The van der Waals surface area contributed by atoms with Gasteiger partial charge in [-0.2, -0.15) is 0 Å². The molecule has 10 nitrogen and oxygen atoms in total. The van der Waals surface area contributed by atoms with Crippen LogP contribution in [0.25, 0.3) is 0 Å². The van der Waals surface area contributed by atoms with Gasteiger partial charge in [0.1, 0.15) is 5.75 Å². The summed E-state index contributed by atoms with van der Waals surface area (Å²) >= 11 is 0. The number of hydrogen-bond donors (Lipinski definition) is 0. The molecule has 0 unspecified atom stereocenters. The first-order chi connectivity index (χ1) is 22.9. The Kier molecular flexibility index (Phi) is 11.2. The molecule has 0 N–H and O–H groups in total. The summed E-state index contributed by atoms with van der Waals surface area (Å²) in [6.45, 7) is 15.0. The third-order valence-corrected chi connectivity index (χ3v) is 9.02. The average Bonchev–Trinajstić information content (AvgIpc) is 3.90. The van der Waals surface area contributed by atoms with Gasteiger partial charge in [0.15, 0.2) is 0 Å². The standard InChI is InChI=1S/C38H51N5O5/c1-8-47-35(44)22-32(28-9-10-28)29-13-16-39-34(20-29)48-23-27-14-17-42(18-15-27)33-21-30(46-7)11-12-31(33)36(45)43(24-38(4,5)6)37-40-25(2)19-26(3)41-37/h11-13,16,19-21,27-28,32H,8-10,14-15,17-18,22-24H2,1-7H3/t32-/m0/s1. The van der Waals surface area contributed by atoms with Crippen molar-refractivity contribution in [1.82, 2.24) is 15.0 Å². The predicted molar refractivity (Wildman–Crippen MR) is 187 cm³/mol. The second kappa shape index (κ2) is 15.3. The largest absolute Gasteiger partial charge is 0.497 e. The van der Waals surface area contributed by atoms with Crippen molar-refractivity contribution in [1.29, 1.82) is 0 Å². The molecule has 10 heteroatoms. The number of pyridine rings is 1. The minimum absolute atomic E-state index is 0.128. The summed E-state index contributed by atoms with van der Waals surface area (Å²) in [5.74, 6) is 2.43. The fourth-order valence-corrected chi connectivity index (χ4v) is 6.49. The van der Waals surface area contributed by atoms with Crippen molar-refractivity contribution >= 4 is 23.5 Å². The lowest BCUT2D eigenvalue weighted by atomic mass is 9.92. The minimum Gasteiger partial charge on any atom is -0.497 e. The molecule has 1 saturated heterocycles. The van der Waals surface area contributed by atoms with Crippen LogP contribution in [0.4, 0.5) is 11.6 Å². The van der Waals surface area contributed by atoms with E-state index in [1.807, 2.05) is 57.2 Å². The van der Waals surface area contributed by atoms with Gasteiger partial charge in [-0.25, -0.2) is 15.0 Å². The molecule has 1 aliphatic carbocycles. The van der Waals surface area contributed by atoms with Gasteiger partial charge in [0, 0.05) is 49.4 Å². The van der Waals surface area contributed by atoms with E-state index in [2.05, 4.69) is 40.6 Å². The first-order valence-corrected chi connectivity index (χ1v) is 17.3. The highest BCUT2D eigenvalue weighted by Crippen LogP contribution is 2.45.